The Kier molecular flexibility index (Phi) is 9.58. The second-order valence-electron chi connectivity index (χ2n) is 8.30. The lowest BCUT2D eigenvalue weighted by Gasteiger charge is -2.12. The number of rotatable bonds is 12. The molecule has 0 fully saturated rings. The minimum Gasteiger partial charge on any atom is -0.505 e. The van der Waals surface area contributed by atoms with Gasteiger partial charge in [0.2, 0.25) is 0 Å². The maximum Gasteiger partial charge on any atom is 0.159 e. The normalized spacial score (nSPS) is 12.3. The summed E-state index contributed by atoms with van der Waals surface area (Å²) in [6.45, 7) is 5.16. The zero-order valence-corrected chi connectivity index (χ0v) is 19.5. The highest BCUT2D eigenvalue weighted by Crippen LogP contribution is 2.25. The Morgan fingerprint density at radius 3 is 2.36 bits per heavy atom. The maximum atomic E-state index is 14.6. The molecule has 3 aromatic rings. The number of hydrogen-bond donors (Lipinski definition) is 1. The van der Waals surface area contributed by atoms with Crippen molar-refractivity contribution in [2.75, 3.05) is 6.61 Å². The lowest BCUT2D eigenvalue weighted by atomic mass is 10.0. The number of benzene rings is 2. The summed E-state index contributed by atoms with van der Waals surface area (Å²) >= 11 is 0. The van der Waals surface area contributed by atoms with Gasteiger partial charge in [-0.1, -0.05) is 68.3 Å². The Balaban J connectivity index is 1.51. The highest BCUT2D eigenvalue weighted by atomic mass is 19.1. The molecule has 1 atom stereocenters. The Hall–Kier alpha value is -3.05. The summed E-state index contributed by atoms with van der Waals surface area (Å²) < 4.78 is 20.5. The summed E-state index contributed by atoms with van der Waals surface area (Å²) in [7, 11) is 0. The van der Waals surface area contributed by atoms with Crippen LogP contribution in [0.3, 0.4) is 0 Å². The van der Waals surface area contributed by atoms with Gasteiger partial charge in [0.15, 0.2) is 11.6 Å². The maximum absolute atomic E-state index is 14.6. The first-order valence-electron chi connectivity index (χ1n) is 11.8. The molecule has 0 aliphatic heterocycles. The predicted molar refractivity (Wildman–Crippen MR) is 132 cm³/mol. The molecule has 1 N–H and O–H groups in total. The van der Waals surface area contributed by atoms with Crippen LogP contribution in [0.25, 0.3) is 28.6 Å². The van der Waals surface area contributed by atoms with Crippen LogP contribution in [0.5, 0.6) is 5.75 Å². The first-order chi connectivity index (χ1) is 16.1. The van der Waals surface area contributed by atoms with E-state index in [1.807, 2.05) is 48.6 Å². The first kappa shape index (κ1) is 24.6. The largest absolute Gasteiger partial charge is 0.505 e. The second-order valence-corrected chi connectivity index (χ2v) is 8.30. The van der Waals surface area contributed by atoms with Crippen molar-refractivity contribution < 1.29 is 14.2 Å². The standard InChI is InChI=1S/C28H33FN2O2/c1-3-4-8-17-33-21(2)9-6-5-7-10-23-13-16-25(18-27(23)29)22-11-14-24(15-12-22)28-30-19-26(32)20-31-28/h7,10-16,18-21,32H,3-6,8-9,17H2,1-2H3/b10-7+. The van der Waals surface area contributed by atoms with Crippen LogP contribution in [-0.4, -0.2) is 27.8 Å². The van der Waals surface area contributed by atoms with Crippen molar-refractivity contribution in [3.63, 3.8) is 0 Å². The average molecular weight is 449 g/mol. The zero-order valence-electron chi connectivity index (χ0n) is 19.5. The molecule has 0 radical (unpaired) electrons. The third kappa shape index (κ3) is 7.79. The number of aromatic nitrogens is 2. The van der Waals surface area contributed by atoms with E-state index >= 15 is 0 Å². The van der Waals surface area contributed by atoms with E-state index in [1.165, 1.54) is 25.2 Å². The van der Waals surface area contributed by atoms with E-state index in [9.17, 15) is 9.50 Å². The van der Waals surface area contributed by atoms with E-state index in [-0.39, 0.29) is 17.7 Å². The predicted octanol–water partition coefficient (Wildman–Crippen LogP) is 7.43. The minimum atomic E-state index is -0.234. The van der Waals surface area contributed by atoms with Gasteiger partial charge in [0, 0.05) is 17.7 Å². The van der Waals surface area contributed by atoms with Crippen LogP contribution in [0, 0.1) is 5.82 Å². The van der Waals surface area contributed by atoms with E-state index in [0.29, 0.717) is 11.4 Å². The first-order valence-corrected chi connectivity index (χ1v) is 11.8. The van der Waals surface area contributed by atoms with Crippen molar-refractivity contribution in [3.8, 4) is 28.3 Å². The molecular weight excluding hydrogens is 415 g/mol. The molecule has 0 bridgehead atoms. The number of unbranched alkanes of at least 4 members (excludes halogenated alkanes) is 3. The van der Waals surface area contributed by atoms with Crippen LogP contribution in [0.2, 0.25) is 0 Å². The number of ether oxygens (including phenoxy) is 1. The van der Waals surface area contributed by atoms with Crippen LogP contribution in [0.15, 0.2) is 60.9 Å². The smallest absolute Gasteiger partial charge is 0.159 e. The van der Waals surface area contributed by atoms with Gasteiger partial charge in [0.1, 0.15) is 5.82 Å². The fraction of sp³-hybridized carbons (Fsp3) is 0.357. The van der Waals surface area contributed by atoms with Crippen molar-refractivity contribution in [1.82, 2.24) is 9.97 Å². The van der Waals surface area contributed by atoms with E-state index < -0.39 is 0 Å². The van der Waals surface area contributed by atoms with Crippen LogP contribution in [-0.2, 0) is 4.74 Å². The van der Waals surface area contributed by atoms with E-state index in [4.69, 9.17) is 4.74 Å². The van der Waals surface area contributed by atoms with Gasteiger partial charge >= 0.3 is 0 Å². The van der Waals surface area contributed by atoms with Crippen LogP contribution < -0.4 is 0 Å². The molecule has 3 rings (SSSR count). The molecule has 4 nitrogen and oxygen atoms in total. The fourth-order valence-electron chi connectivity index (χ4n) is 3.58. The Morgan fingerprint density at radius 2 is 1.67 bits per heavy atom. The Bertz CT molecular complexity index is 1020. The molecule has 33 heavy (non-hydrogen) atoms. The summed E-state index contributed by atoms with van der Waals surface area (Å²) in [6, 6.07) is 12.9. The Morgan fingerprint density at radius 1 is 0.970 bits per heavy atom. The summed E-state index contributed by atoms with van der Waals surface area (Å²) in [5.41, 5.74) is 3.16. The van der Waals surface area contributed by atoms with Gasteiger partial charge in [-0.2, -0.15) is 0 Å². The number of allylic oxidation sites excluding steroid dienone is 1. The Labute approximate surface area is 196 Å². The molecule has 0 saturated heterocycles. The third-order valence-electron chi connectivity index (χ3n) is 5.54. The van der Waals surface area contributed by atoms with Gasteiger partial charge < -0.3 is 9.84 Å². The highest BCUT2D eigenvalue weighted by molar-refractivity contribution is 5.69. The molecule has 5 heteroatoms. The quantitative estimate of drug-likeness (QED) is 0.293. The van der Waals surface area contributed by atoms with Crippen LogP contribution >= 0.6 is 0 Å². The van der Waals surface area contributed by atoms with E-state index in [0.717, 1.165) is 49.0 Å². The summed E-state index contributed by atoms with van der Waals surface area (Å²) in [5, 5.41) is 9.32. The van der Waals surface area contributed by atoms with E-state index in [2.05, 4.69) is 23.8 Å². The minimum absolute atomic E-state index is 0.0290. The SMILES string of the molecule is CCCCCOC(C)CCC/C=C/c1ccc(-c2ccc(-c3ncc(O)cn3)cc2)cc1F. The number of nitrogens with zero attached hydrogens (tertiary/aromatic N) is 2. The second kappa shape index (κ2) is 12.9. The lowest BCUT2D eigenvalue weighted by Crippen LogP contribution is -2.08. The highest BCUT2D eigenvalue weighted by Gasteiger charge is 2.06. The van der Waals surface area contributed by atoms with Gasteiger partial charge in [-0.3, -0.25) is 0 Å². The molecule has 0 aliphatic carbocycles. The number of aromatic hydroxyl groups is 1. The zero-order chi connectivity index (χ0) is 23.5. The average Bonchev–Trinajstić information content (AvgIpc) is 2.83. The van der Waals surface area contributed by atoms with Crippen LogP contribution in [0.1, 0.15) is 57.9 Å². The molecular formula is C28H33FN2O2. The van der Waals surface area contributed by atoms with Crippen molar-refractivity contribution in [2.24, 2.45) is 0 Å². The lowest BCUT2D eigenvalue weighted by molar-refractivity contribution is 0.0566. The van der Waals surface area contributed by atoms with Crippen molar-refractivity contribution in [1.29, 1.82) is 0 Å². The van der Waals surface area contributed by atoms with Gasteiger partial charge in [0.05, 0.1) is 18.5 Å². The molecule has 0 spiro atoms. The summed E-state index contributed by atoms with van der Waals surface area (Å²) in [4.78, 5) is 8.22. The summed E-state index contributed by atoms with van der Waals surface area (Å²) in [5.74, 6) is 0.326. The van der Waals surface area contributed by atoms with Crippen molar-refractivity contribution in [3.05, 3.63) is 72.3 Å². The fourth-order valence-corrected chi connectivity index (χ4v) is 3.58. The topological polar surface area (TPSA) is 55.2 Å². The molecule has 1 heterocycles. The van der Waals surface area contributed by atoms with Gasteiger partial charge in [-0.15, -0.1) is 0 Å². The van der Waals surface area contributed by atoms with Crippen LogP contribution in [0.4, 0.5) is 4.39 Å². The number of hydrogen-bond acceptors (Lipinski definition) is 4. The molecule has 0 saturated carbocycles. The third-order valence-corrected chi connectivity index (χ3v) is 5.54. The number of halogens is 1. The monoisotopic (exact) mass is 448 g/mol. The van der Waals surface area contributed by atoms with E-state index in [1.54, 1.807) is 6.07 Å². The molecule has 0 aliphatic rings. The van der Waals surface area contributed by atoms with Crippen molar-refractivity contribution >= 4 is 6.08 Å². The van der Waals surface area contributed by atoms with Gasteiger partial charge in [-0.05, 0) is 49.8 Å². The van der Waals surface area contributed by atoms with Gasteiger partial charge in [-0.25, -0.2) is 14.4 Å². The summed E-state index contributed by atoms with van der Waals surface area (Å²) in [6.07, 6.45) is 13.4. The molecule has 174 valence electrons. The molecule has 0 amide bonds. The molecule has 1 unspecified atom stereocenters. The molecule has 1 aromatic heterocycles. The molecule has 2 aromatic carbocycles. The van der Waals surface area contributed by atoms with Crippen molar-refractivity contribution in [2.45, 2.75) is 58.5 Å². The van der Waals surface area contributed by atoms with Gasteiger partial charge in [0.25, 0.3) is 0 Å².